The maximum absolute atomic E-state index is 5.91. The van der Waals surface area contributed by atoms with Crippen molar-refractivity contribution in [3.63, 3.8) is 0 Å². The highest BCUT2D eigenvalue weighted by molar-refractivity contribution is 4.91. The molecule has 4 nitrogen and oxygen atoms in total. The molecule has 2 N–H and O–H groups in total. The van der Waals surface area contributed by atoms with Crippen LogP contribution in [-0.2, 0) is 13.6 Å². The monoisotopic (exact) mass is 266 g/mol. The van der Waals surface area contributed by atoms with Gasteiger partial charge in [-0.2, -0.15) is 0 Å². The van der Waals surface area contributed by atoms with Crippen LogP contribution in [0, 0.1) is 0 Å². The molecule has 0 amide bonds. The Labute approximate surface area is 118 Å². The lowest BCUT2D eigenvalue weighted by atomic mass is 10.1. The summed E-state index contributed by atoms with van der Waals surface area (Å²) in [5, 5.41) is 0. The molecule has 1 aromatic rings. The lowest BCUT2D eigenvalue weighted by molar-refractivity contribution is 0.216. The fourth-order valence-electron chi connectivity index (χ4n) is 2.40. The van der Waals surface area contributed by atoms with E-state index in [0.29, 0.717) is 6.04 Å². The van der Waals surface area contributed by atoms with Gasteiger partial charge in [0.15, 0.2) is 0 Å². The average Bonchev–Trinajstić information content (AvgIpc) is 2.79. The Morgan fingerprint density at radius 3 is 2.63 bits per heavy atom. The van der Waals surface area contributed by atoms with Gasteiger partial charge in [0.25, 0.3) is 0 Å². The number of nitrogens with zero attached hydrogens (tertiary/aromatic N) is 3. The number of hydrogen-bond donors (Lipinski definition) is 1. The van der Waals surface area contributed by atoms with E-state index in [0.717, 1.165) is 18.9 Å². The third-order valence-corrected chi connectivity index (χ3v) is 3.85. The van der Waals surface area contributed by atoms with Crippen molar-refractivity contribution in [2.24, 2.45) is 12.8 Å². The molecule has 0 saturated carbocycles. The van der Waals surface area contributed by atoms with Crippen LogP contribution >= 0.6 is 0 Å². The summed E-state index contributed by atoms with van der Waals surface area (Å²) in [5.74, 6) is 1.10. The molecular formula is C15H30N4. The van der Waals surface area contributed by atoms with E-state index in [4.69, 9.17) is 5.73 Å². The largest absolute Gasteiger partial charge is 0.337 e. The number of aryl methyl sites for hydroxylation is 1. The minimum atomic E-state index is 0.471. The predicted molar refractivity (Wildman–Crippen MR) is 80.9 cm³/mol. The third kappa shape index (κ3) is 5.74. The number of aromatic nitrogens is 2. The van der Waals surface area contributed by atoms with Gasteiger partial charge in [0.1, 0.15) is 5.82 Å². The second-order valence-electron chi connectivity index (χ2n) is 5.46. The summed E-state index contributed by atoms with van der Waals surface area (Å²) in [5.41, 5.74) is 5.91. The molecule has 1 unspecified atom stereocenters. The molecular weight excluding hydrogens is 236 g/mol. The summed E-state index contributed by atoms with van der Waals surface area (Å²) < 4.78 is 2.07. The number of rotatable bonds is 10. The van der Waals surface area contributed by atoms with Crippen LogP contribution in [0.15, 0.2) is 12.4 Å². The van der Waals surface area contributed by atoms with Crippen LogP contribution in [0.1, 0.15) is 51.3 Å². The maximum Gasteiger partial charge on any atom is 0.122 e. The molecule has 1 rings (SSSR count). The molecule has 4 heteroatoms. The Kier molecular flexibility index (Phi) is 7.75. The number of hydrogen-bond acceptors (Lipinski definition) is 3. The number of unbranched alkanes of at least 4 members (excludes halogenated alkanes) is 4. The molecule has 0 bridgehead atoms. The fourth-order valence-corrected chi connectivity index (χ4v) is 2.40. The van der Waals surface area contributed by atoms with E-state index >= 15 is 0 Å². The highest BCUT2D eigenvalue weighted by Crippen LogP contribution is 2.12. The first-order valence-electron chi connectivity index (χ1n) is 7.55. The fraction of sp³-hybridized carbons (Fsp3) is 0.800. The highest BCUT2D eigenvalue weighted by atomic mass is 15.2. The summed E-state index contributed by atoms with van der Waals surface area (Å²) in [7, 11) is 4.19. The zero-order valence-corrected chi connectivity index (χ0v) is 12.8. The van der Waals surface area contributed by atoms with Crippen molar-refractivity contribution in [2.75, 3.05) is 13.6 Å². The van der Waals surface area contributed by atoms with Crippen molar-refractivity contribution in [1.82, 2.24) is 14.5 Å². The van der Waals surface area contributed by atoms with Crippen LogP contribution in [0.4, 0.5) is 0 Å². The van der Waals surface area contributed by atoms with Gasteiger partial charge in [-0.05, 0) is 13.5 Å². The van der Waals surface area contributed by atoms with Crippen molar-refractivity contribution in [3.05, 3.63) is 18.2 Å². The third-order valence-electron chi connectivity index (χ3n) is 3.85. The average molecular weight is 266 g/mol. The maximum atomic E-state index is 5.91. The summed E-state index contributed by atoms with van der Waals surface area (Å²) in [6.07, 6.45) is 11.7. The number of imidazole rings is 1. The van der Waals surface area contributed by atoms with Crippen molar-refractivity contribution in [3.8, 4) is 0 Å². The van der Waals surface area contributed by atoms with E-state index < -0.39 is 0 Å². The molecule has 19 heavy (non-hydrogen) atoms. The molecule has 110 valence electrons. The van der Waals surface area contributed by atoms with Gasteiger partial charge in [-0.25, -0.2) is 4.98 Å². The van der Waals surface area contributed by atoms with Crippen LogP contribution in [-0.4, -0.2) is 34.1 Å². The highest BCUT2D eigenvalue weighted by Gasteiger charge is 2.14. The van der Waals surface area contributed by atoms with Crippen molar-refractivity contribution in [1.29, 1.82) is 0 Å². The van der Waals surface area contributed by atoms with Gasteiger partial charge in [0, 0.05) is 32.0 Å². The molecule has 0 aliphatic carbocycles. The van der Waals surface area contributed by atoms with E-state index in [-0.39, 0.29) is 0 Å². The van der Waals surface area contributed by atoms with Gasteiger partial charge in [0.05, 0.1) is 6.54 Å². The van der Waals surface area contributed by atoms with Gasteiger partial charge >= 0.3 is 0 Å². The minimum absolute atomic E-state index is 0.471. The molecule has 0 aromatic carbocycles. The summed E-state index contributed by atoms with van der Waals surface area (Å²) in [6.45, 7) is 3.86. The zero-order chi connectivity index (χ0) is 14.1. The molecule has 1 aromatic heterocycles. The second kappa shape index (κ2) is 9.10. The molecule has 0 saturated heterocycles. The SMILES string of the molecule is CCCCCCCC(CN)N(C)Cc1nccn1C. The van der Waals surface area contributed by atoms with Crippen molar-refractivity contribution in [2.45, 2.75) is 58.0 Å². The first kappa shape index (κ1) is 16.2. The first-order valence-corrected chi connectivity index (χ1v) is 7.55. The molecule has 0 spiro atoms. The Hall–Kier alpha value is -0.870. The van der Waals surface area contributed by atoms with Crippen molar-refractivity contribution >= 4 is 0 Å². The molecule has 1 heterocycles. The topological polar surface area (TPSA) is 47.1 Å². The van der Waals surface area contributed by atoms with E-state index in [1.165, 1.54) is 38.5 Å². The number of likely N-dealkylation sites (N-methyl/N-ethyl adjacent to an activating group) is 1. The minimum Gasteiger partial charge on any atom is -0.337 e. The van der Waals surface area contributed by atoms with E-state index in [9.17, 15) is 0 Å². The Morgan fingerprint density at radius 1 is 1.32 bits per heavy atom. The van der Waals surface area contributed by atoms with Gasteiger partial charge in [0.2, 0.25) is 0 Å². The van der Waals surface area contributed by atoms with Crippen LogP contribution in [0.5, 0.6) is 0 Å². The van der Waals surface area contributed by atoms with Crippen LogP contribution in [0.25, 0.3) is 0 Å². The van der Waals surface area contributed by atoms with Gasteiger partial charge in [-0.1, -0.05) is 39.0 Å². The van der Waals surface area contributed by atoms with Crippen LogP contribution in [0.2, 0.25) is 0 Å². The summed E-state index contributed by atoms with van der Waals surface area (Å²) >= 11 is 0. The van der Waals surface area contributed by atoms with E-state index in [1.807, 2.05) is 19.4 Å². The lowest BCUT2D eigenvalue weighted by Crippen LogP contribution is -2.38. The van der Waals surface area contributed by atoms with E-state index in [1.54, 1.807) is 0 Å². The smallest absolute Gasteiger partial charge is 0.122 e. The molecule has 0 aliphatic heterocycles. The summed E-state index contributed by atoms with van der Waals surface area (Å²) in [6, 6.07) is 0.471. The Morgan fingerprint density at radius 2 is 2.05 bits per heavy atom. The van der Waals surface area contributed by atoms with Crippen LogP contribution in [0.3, 0.4) is 0 Å². The second-order valence-corrected chi connectivity index (χ2v) is 5.46. The predicted octanol–water partition coefficient (Wildman–Crippen LogP) is 2.54. The summed E-state index contributed by atoms with van der Waals surface area (Å²) in [4.78, 5) is 6.71. The molecule has 1 atom stereocenters. The molecule has 0 fully saturated rings. The Bertz CT molecular complexity index is 335. The Balaban J connectivity index is 2.31. The number of nitrogens with two attached hydrogens (primary N) is 1. The van der Waals surface area contributed by atoms with Gasteiger partial charge < -0.3 is 10.3 Å². The van der Waals surface area contributed by atoms with Gasteiger partial charge in [-0.15, -0.1) is 0 Å². The lowest BCUT2D eigenvalue weighted by Gasteiger charge is -2.26. The first-order chi connectivity index (χ1) is 9.19. The molecule has 0 radical (unpaired) electrons. The normalized spacial score (nSPS) is 13.1. The zero-order valence-electron chi connectivity index (χ0n) is 12.8. The van der Waals surface area contributed by atoms with Crippen LogP contribution < -0.4 is 5.73 Å². The molecule has 0 aliphatic rings. The quantitative estimate of drug-likeness (QED) is 0.662. The van der Waals surface area contributed by atoms with E-state index in [2.05, 4.69) is 28.4 Å². The standard InChI is InChI=1S/C15H30N4/c1-4-5-6-7-8-9-14(12-16)19(3)13-15-17-10-11-18(15)2/h10-11,14H,4-9,12-13,16H2,1-3H3. The van der Waals surface area contributed by atoms with Crippen molar-refractivity contribution < 1.29 is 0 Å². The van der Waals surface area contributed by atoms with Gasteiger partial charge in [-0.3, -0.25) is 4.90 Å².